The van der Waals surface area contributed by atoms with Crippen molar-refractivity contribution in [3.8, 4) is 11.3 Å². The molecule has 4 rings (SSSR count). The number of ether oxygens (including phenoxy) is 1. The second-order valence-corrected chi connectivity index (χ2v) is 7.36. The van der Waals surface area contributed by atoms with Gasteiger partial charge >= 0.3 is 0 Å². The summed E-state index contributed by atoms with van der Waals surface area (Å²) in [5.74, 6) is 0.634. The Bertz CT molecular complexity index is 956. The van der Waals surface area contributed by atoms with Gasteiger partial charge in [0.05, 0.1) is 18.8 Å². The van der Waals surface area contributed by atoms with Crippen LogP contribution < -0.4 is 5.32 Å². The van der Waals surface area contributed by atoms with Crippen molar-refractivity contribution >= 4 is 29.4 Å². The molecule has 1 fully saturated rings. The molecular weight excluding hydrogens is 362 g/mol. The van der Waals surface area contributed by atoms with Gasteiger partial charge in [-0.2, -0.15) is 0 Å². The third-order valence-electron chi connectivity index (χ3n) is 4.36. The number of carbonyl (C=O) groups is 1. The first-order valence-electron chi connectivity index (χ1n) is 8.75. The Kier molecular flexibility index (Phi) is 5.13. The number of nitrogens with zero attached hydrogens (tertiary/aromatic N) is 2. The van der Waals surface area contributed by atoms with Gasteiger partial charge in [0.2, 0.25) is 0 Å². The van der Waals surface area contributed by atoms with E-state index < -0.39 is 0 Å². The van der Waals surface area contributed by atoms with Gasteiger partial charge in [0.1, 0.15) is 21.3 Å². The quantitative estimate of drug-likeness (QED) is 0.727. The van der Waals surface area contributed by atoms with E-state index in [0.29, 0.717) is 18.1 Å². The minimum atomic E-state index is -0.103. The molecule has 0 spiro atoms. The van der Waals surface area contributed by atoms with Crippen molar-refractivity contribution in [1.82, 2.24) is 15.5 Å². The molecule has 3 heterocycles. The second kappa shape index (κ2) is 7.85. The van der Waals surface area contributed by atoms with Gasteiger partial charge in [-0.3, -0.25) is 4.79 Å². The Labute approximate surface area is 160 Å². The molecule has 0 aliphatic carbocycles. The molecule has 6 nitrogen and oxygen atoms in total. The van der Waals surface area contributed by atoms with Crippen molar-refractivity contribution in [3.05, 3.63) is 57.7 Å². The van der Waals surface area contributed by atoms with Crippen molar-refractivity contribution < 1.29 is 14.1 Å². The van der Waals surface area contributed by atoms with E-state index in [1.807, 2.05) is 49.4 Å². The van der Waals surface area contributed by atoms with E-state index in [2.05, 4.69) is 15.5 Å². The van der Waals surface area contributed by atoms with Gasteiger partial charge in [0.15, 0.2) is 0 Å². The molecular formula is C20H19N3O3S. The first-order valence-corrected chi connectivity index (χ1v) is 9.56. The standard InChI is InChI=1S/C20H19N3O3S/c1-13-16(19(23-26-13)14-5-3-2-4-6-14)7-8-18-21-11-17(27-18)20(24)22-15-9-10-25-12-15/h2-8,11,15H,9-10,12H2,1H3,(H,22,24)/t15-/m1/s1. The zero-order valence-corrected chi connectivity index (χ0v) is 15.7. The maximum Gasteiger partial charge on any atom is 0.263 e. The highest BCUT2D eigenvalue weighted by atomic mass is 32.1. The molecule has 0 saturated carbocycles. The fourth-order valence-corrected chi connectivity index (χ4v) is 3.63. The first-order chi connectivity index (χ1) is 13.2. The lowest BCUT2D eigenvalue weighted by molar-refractivity contribution is 0.0934. The van der Waals surface area contributed by atoms with E-state index in [4.69, 9.17) is 9.26 Å². The van der Waals surface area contributed by atoms with Crippen molar-refractivity contribution in [1.29, 1.82) is 0 Å². The maximum absolute atomic E-state index is 12.3. The number of hydrogen-bond donors (Lipinski definition) is 1. The molecule has 1 amide bonds. The Balaban J connectivity index is 1.50. The number of amides is 1. The summed E-state index contributed by atoms with van der Waals surface area (Å²) in [6.45, 7) is 3.15. The van der Waals surface area contributed by atoms with Crippen LogP contribution in [0.1, 0.15) is 32.4 Å². The molecule has 3 aromatic rings. The molecule has 2 aromatic heterocycles. The predicted octanol–water partition coefficient (Wildman–Crippen LogP) is 3.80. The molecule has 138 valence electrons. The summed E-state index contributed by atoms with van der Waals surface area (Å²) in [4.78, 5) is 17.2. The second-order valence-electron chi connectivity index (χ2n) is 6.30. The third-order valence-corrected chi connectivity index (χ3v) is 5.32. The molecule has 1 atom stereocenters. The molecule has 0 radical (unpaired) electrons. The molecule has 1 N–H and O–H groups in total. The summed E-state index contributed by atoms with van der Waals surface area (Å²) < 4.78 is 10.6. The zero-order chi connectivity index (χ0) is 18.6. The number of benzene rings is 1. The van der Waals surface area contributed by atoms with Crippen LogP contribution in [0.5, 0.6) is 0 Å². The molecule has 1 aliphatic rings. The molecule has 1 saturated heterocycles. The SMILES string of the molecule is Cc1onc(-c2ccccc2)c1C=Cc1ncc(C(=O)N[C@@H]2CCOC2)s1. The summed E-state index contributed by atoms with van der Waals surface area (Å²) in [6.07, 6.45) is 6.27. The molecule has 1 aromatic carbocycles. The molecule has 0 bridgehead atoms. The highest BCUT2D eigenvalue weighted by Crippen LogP contribution is 2.27. The van der Waals surface area contributed by atoms with Crippen molar-refractivity contribution in [2.24, 2.45) is 0 Å². The van der Waals surface area contributed by atoms with Crippen LogP contribution in [0.4, 0.5) is 0 Å². The highest BCUT2D eigenvalue weighted by molar-refractivity contribution is 7.14. The predicted molar refractivity (Wildman–Crippen MR) is 104 cm³/mol. The topological polar surface area (TPSA) is 77.2 Å². The van der Waals surface area contributed by atoms with Gasteiger partial charge in [0, 0.05) is 17.7 Å². The van der Waals surface area contributed by atoms with E-state index >= 15 is 0 Å². The Morgan fingerprint density at radius 3 is 2.93 bits per heavy atom. The first kappa shape index (κ1) is 17.6. The van der Waals surface area contributed by atoms with E-state index in [1.165, 1.54) is 11.3 Å². The zero-order valence-electron chi connectivity index (χ0n) is 14.8. The fourth-order valence-electron chi connectivity index (χ4n) is 2.91. The van der Waals surface area contributed by atoms with Gasteiger partial charge in [-0.1, -0.05) is 35.5 Å². The summed E-state index contributed by atoms with van der Waals surface area (Å²) in [5.41, 5.74) is 2.69. The van der Waals surface area contributed by atoms with Crippen LogP contribution in [0.25, 0.3) is 23.4 Å². The van der Waals surface area contributed by atoms with Crippen molar-refractivity contribution in [2.45, 2.75) is 19.4 Å². The Morgan fingerprint density at radius 1 is 1.30 bits per heavy atom. The van der Waals surface area contributed by atoms with Crippen LogP contribution in [-0.4, -0.2) is 35.3 Å². The number of aryl methyl sites for hydroxylation is 1. The van der Waals surface area contributed by atoms with Crippen LogP contribution in [0, 0.1) is 6.92 Å². The monoisotopic (exact) mass is 381 g/mol. The Hall–Kier alpha value is -2.77. The van der Waals surface area contributed by atoms with Crippen LogP contribution in [-0.2, 0) is 4.74 Å². The Morgan fingerprint density at radius 2 is 2.15 bits per heavy atom. The minimum Gasteiger partial charge on any atom is -0.379 e. The van der Waals surface area contributed by atoms with Gasteiger partial charge in [-0.15, -0.1) is 11.3 Å². The minimum absolute atomic E-state index is 0.0895. The van der Waals surface area contributed by atoms with Crippen LogP contribution in [0.15, 0.2) is 41.1 Å². The number of thiazole rings is 1. The van der Waals surface area contributed by atoms with E-state index in [9.17, 15) is 4.79 Å². The number of aromatic nitrogens is 2. The van der Waals surface area contributed by atoms with E-state index in [0.717, 1.165) is 34.0 Å². The van der Waals surface area contributed by atoms with E-state index in [1.54, 1.807) is 6.20 Å². The number of carbonyl (C=O) groups excluding carboxylic acids is 1. The van der Waals surface area contributed by atoms with Gasteiger partial charge in [-0.25, -0.2) is 4.98 Å². The van der Waals surface area contributed by atoms with Crippen molar-refractivity contribution in [3.63, 3.8) is 0 Å². The lowest BCUT2D eigenvalue weighted by Crippen LogP contribution is -2.34. The highest BCUT2D eigenvalue weighted by Gasteiger charge is 2.19. The van der Waals surface area contributed by atoms with Crippen LogP contribution in [0.2, 0.25) is 0 Å². The smallest absolute Gasteiger partial charge is 0.263 e. The van der Waals surface area contributed by atoms with E-state index in [-0.39, 0.29) is 11.9 Å². The molecule has 0 unspecified atom stereocenters. The summed E-state index contributed by atoms with van der Waals surface area (Å²) >= 11 is 1.35. The third kappa shape index (κ3) is 3.99. The van der Waals surface area contributed by atoms with Gasteiger partial charge in [0.25, 0.3) is 5.91 Å². The lowest BCUT2D eigenvalue weighted by Gasteiger charge is -2.08. The van der Waals surface area contributed by atoms with Gasteiger partial charge < -0.3 is 14.6 Å². The average molecular weight is 381 g/mol. The summed E-state index contributed by atoms with van der Waals surface area (Å²) in [5, 5.41) is 7.90. The number of rotatable bonds is 5. The molecule has 27 heavy (non-hydrogen) atoms. The van der Waals surface area contributed by atoms with Gasteiger partial charge in [-0.05, 0) is 25.5 Å². The molecule has 1 aliphatic heterocycles. The summed E-state index contributed by atoms with van der Waals surface area (Å²) in [6, 6.07) is 9.97. The largest absolute Gasteiger partial charge is 0.379 e. The normalized spacial score (nSPS) is 16.9. The summed E-state index contributed by atoms with van der Waals surface area (Å²) in [7, 11) is 0. The lowest BCUT2D eigenvalue weighted by atomic mass is 10.1. The molecule has 7 heteroatoms. The van der Waals surface area contributed by atoms with Crippen LogP contribution >= 0.6 is 11.3 Å². The average Bonchev–Trinajstić information content (AvgIpc) is 3.42. The van der Waals surface area contributed by atoms with Crippen LogP contribution in [0.3, 0.4) is 0 Å². The number of hydrogen-bond acceptors (Lipinski definition) is 6. The number of nitrogens with one attached hydrogen (secondary N) is 1. The fraction of sp³-hybridized carbons (Fsp3) is 0.250. The van der Waals surface area contributed by atoms with Crippen molar-refractivity contribution in [2.75, 3.05) is 13.2 Å². The maximum atomic E-state index is 12.3.